The van der Waals surface area contributed by atoms with E-state index in [1.807, 2.05) is 24.6 Å². The van der Waals surface area contributed by atoms with Gasteiger partial charge < -0.3 is 4.57 Å². The molecule has 0 unspecified atom stereocenters. The second-order valence-corrected chi connectivity index (χ2v) is 6.25. The van der Waals surface area contributed by atoms with Gasteiger partial charge in [0.15, 0.2) is 0 Å². The maximum absolute atomic E-state index is 4.33. The van der Waals surface area contributed by atoms with E-state index in [1.165, 1.54) is 26.9 Å². The number of aromatic nitrogens is 2. The lowest BCUT2D eigenvalue weighted by atomic mass is 9.97. The lowest BCUT2D eigenvalue weighted by Crippen LogP contribution is -1.95. The van der Waals surface area contributed by atoms with Gasteiger partial charge in [-0.15, -0.1) is 11.3 Å². The van der Waals surface area contributed by atoms with Crippen LogP contribution in [0.15, 0.2) is 30.0 Å². The van der Waals surface area contributed by atoms with Crippen molar-refractivity contribution in [3.63, 3.8) is 0 Å². The first kappa shape index (κ1) is 12.4. The highest BCUT2D eigenvalue weighted by molar-refractivity contribution is 7.17. The predicted octanol–water partition coefficient (Wildman–Crippen LogP) is 4.83. The normalized spacial score (nSPS) is 11.6. The summed E-state index contributed by atoms with van der Waals surface area (Å²) in [4.78, 5) is 4.33. The van der Waals surface area contributed by atoms with E-state index in [0.717, 1.165) is 5.69 Å². The van der Waals surface area contributed by atoms with E-state index in [2.05, 4.69) is 54.0 Å². The molecule has 3 heteroatoms. The lowest BCUT2D eigenvalue weighted by molar-refractivity contribution is 0.875. The molecule has 0 aliphatic rings. The van der Waals surface area contributed by atoms with Crippen molar-refractivity contribution < 1.29 is 0 Å². The molecular formula is C16H18N2S. The van der Waals surface area contributed by atoms with Gasteiger partial charge in [0.1, 0.15) is 0 Å². The van der Waals surface area contributed by atoms with Crippen LogP contribution in [-0.4, -0.2) is 9.55 Å². The third-order valence-corrected chi connectivity index (χ3v) is 4.65. The van der Waals surface area contributed by atoms with E-state index in [0.29, 0.717) is 5.92 Å². The van der Waals surface area contributed by atoms with E-state index < -0.39 is 0 Å². The quantitative estimate of drug-likeness (QED) is 0.652. The summed E-state index contributed by atoms with van der Waals surface area (Å²) < 4.78 is 3.48. The van der Waals surface area contributed by atoms with Crippen LogP contribution < -0.4 is 0 Å². The Labute approximate surface area is 117 Å². The van der Waals surface area contributed by atoms with Crippen molar-refractivity contribution in [2.45, 2.75) is 33.6 Å². The van der Waals surface area contributed by atoms with E-state index >= 15 is 0 Å². The Morgan fingerprint density at radius 2 is 2.00 bits per heavy atom. The van der Waals surface area contributed by atoms with E-state index in [1.54, 1.807) is 0 Å². The van der Waals surface area contributed by atoms with E-state index in [4.69, 9.17) is 0 Å². The summed E-state index contributed by atoms with van der Waals surface area (Å²) in [5, 5.41) is 3.67. The zero-order valence-corrected chi connectivity index (χ0v) is 12.6. The highest BCUT2D eigenvalue weighted by Crippen LogP contribution is 2.36. The Kier molecular flexibility index (Phi) is 2.94. The zero-order valence-electron chi connectivity index (χ0n) is 11.8. The number of rotatable bonds is 2. The largest absolute Gasteiger partial charge is 0.305 e. The van der Waals surface area contributed by atoms with Gasteiger partial charge in [0, 0.05) is 11.6 Å². The minimum atomic E-state index is 0.550. The molecule has 2 nitrogen and oxygen atoms in total. The van der Waals surface area contributed by atoms with Gasteiger partial charge in [-0.1, -0.05) is 19.9 Å². The standard InChI is InChI=1S/C16H18N2S/c1-10(2)13-5-6-14(18-7-12(4)17-9-18)16-15(13)11(3)8-19-16/h5-10H,1-4H3. The summed E-state index contributed by atoms with van der Waals surface area (Å²) in [6.07, 6.45) is 3.98. The first-order chi connectivity index (χ1) is 9.08. The Hall–Kier alpha value is -1.61. The minimum absolute atomic E-state index is 0.550. The molecule has 0 aliphatic heterocycles. The van der Waals surface area contributed by atoms with Crippen LogP contribution in [0.5, 0.6) is 0 Å². The summed E-state index contributed by atoms with van der Waals surface area (Å²) in [5.74, 6) is 0.550. The number of thiophene rings is 1. The molecular weight excluding hydrogens is 252 g/mol. The molecule has 0 bridgehead atoms. The van der Waals surface area contributed by atoms with Crippen LogP contribution in [0, 0.1) is 13.8 Å². The lowest BCUT2D eigenvalue weighted by Gasteiger charge is -2.12. The number of aryl methyl sites for hydroxylation is 2. The van der Waals surface area contributed by atoms with Gasteiger partial charge in [0.2, 0.25) is 0 Å². The van der Waals surface area contributed by atoms with Crippen molar-refractivity contribution in [2.75, 3.05) is 0 Å². The molecule has 2 aromatic heterocycles. The van der Waals surface area contributed by atoms with Crippen LogP contribution in [-0.2, 0) is 0 Å². The molecule has 0 saturated carbocycles. The Morgan fingerprint density at radius 3 is 2.63 bits per heavy atom. The van der Waals surface area contributed by atoms with Crippen molar-refractivity contribution >= 4 is 21.4 Å². The van der Waals surface area contributed by atoms with Gasteiger partial charge in [-0.05, 0) is 42.3 Å². The number of benzene rings is 1. The van der Waals surface area contributed by atoms with Crippen LogP contribution in [0.2, 0.25) is 0 Å². The zero-order chi connectivity index (χ0) is 13.6. The third-order valence-electron chi connectivity index (χ3n) is 3.53. The molecule has 2 heterocycles. The van der Waals surface area contributed by atoms with Crippen LogP contribution in [0.4, 0.5) is 0 Å². The second-order valence-electron chi connectivity index (χ2n) is 5.37. The maximum atomic E-state index is 4.33. The summed E-state index contributed by atoms with van der Waals surface area (Å²) in [6, 6.07) is 4.48. The molecule has 0 N–H and O–H groups in total. The summed E-state index contributed by atoms with van der Waals surface area (Å²) in [7, 11) is 0. The van der Waals surface area contributed by atoms with Crippen LogP contribution in [0.25, 0.3) is 15.8 Å². The Bertz CT molecular complexity index is 734. The van der Waals surface area contributed by atoms with Gasteiger partial charge in [-0.3, -0.25) is 0 Å². The molecule has 0 aliphatic carbocycles. The fourth-order valence-electron chi connectivity index (χ4n) is 2.56. The molecule has 3 rings (SSSR count). The van der Waals surface area contributed by atoms with Gasteiger partial charge in [-0.2, -0.15) is 0 Å². The van der Waals surface area contributed by atoms with Crippen LogP contribution in [0.1, 0.15) is 36.6 Å². The fraction of sp³-hybridized carbons (Fsp3) is 0.312. The molecule has 3 aromatic rings. The summed E-state index contributed by atoms with van der Waals surface area (Å²) >= 11 is 1.83. The number of fused-ring (bicyclic) bond motifs is 1. The SMILES string of the molecule is Cc1cn(-c2ccc(C(C)C)c3c(C)csc23)cn1. The topological polar surface area (TPSA) is 17.8 Å². The van der Waals surface area contributed by atoms with Gasteiger partial charge in [-0.25, -0.2) is 4.98 Å². The summed E-state index contributed by atoms with van der Waals surface area (Å²) in [5.41, 5.74) is 5.10. The second kappa shape index (κ2) is 4.49. The Balaban J connectivity index is 2.31. The molecule has 19 heavy (non-hydrogen) atoms. The Morgan fingerprint density at radius 1 is 1.21 bits per heavy atom. The molecule has 0 fully saturated rings. The molecule has 1 aromatic carbocycles. The molecule has 0 saturated heterocycles. The van der Waals surface area contributed by atoms with Crippen molar-refractivity contribution in [3.05, 3.63) is 46.9 Å². The number of hydrogen-bond acceptors (Lipinski definition) is 2. The van der Waals surface area contributed by atoms with Crippen molar-refractivity contribution in [1.29, 1.82) is 0 Å². The molecule has 0 spiro atoms. The van der Waals surface area contributed by atoms with Crippen LogP contribution >= 0.6 is 11.3 Å². The van der Waals surface area contributed by atoms with Gasteiger partial charge >= 0.3 is 0 Å². The highest BCUT2D eigenvalue weighted by Gasteiger charge is 2.13. The smallest absolute Gasteiger partial charge is 0.0995 e. The maximum Gasteiger partial charge on any atom is 0.0995 e. The van der Waals surface area contributed by atoms with Crippen LogP contribution in [0.3, 0.4) is 0 Å². The minimum Gasteiger partial charge on any atom is -0.305 e. The van der Waals surface area contributed by atoms with E-state index in [-0.39, 0.29) is 0 Å². The van der Waals surface area contributed by atoms with Gasteiger partial charge in [0.05, 0.1) is 22.4 Å². The highest BCUT2D eigenvalue weighted by atomic mass is 32.1. The van der Waals surface area contributed by atoms with Crippen molar-refractivity contribution in [2.24, 2.45) is 0 Å². The van der Waals surface area contributed by atoms with Crippen molar-refractivity contribution in [3.8, 4) is 5.69 Å². The number of nitrogens with zero attached hydrogens (tertiary/aromatic N) is 2. The average Bonchev–Trinajstić information content (AvgIpc) is 2.96. The van der Waals surface area contributed by atoms with Gasteiger partial charge in [0.25, 0.3) is 0 Å². The monoisotopic (exact) mass is 270 g/mol. The number of imidazole rings is 1. The van der Waals surface area contributed by atoms with E-state index in [9.17, 15) is 0 Å². The fourth-order valence-corrected chi connectivity index (χ4v) is 3.66. The molecule has 98 valence electrons. The first-order valence-corrected chi connectivity index (χ1v) is 7.47. The molecule has 0 atom stereocenters. The summed E-state index contributed by atoms with van der Waals surface area (Å²) in [6.45, 7) is 8.74. The van der Waals surface area contributed by atoms with Crippen molar-refractivity contribution in [1.82, 2.24) is 9.55 Å². The predicted molar refractivity (Wildman–Crippen MR) is 82.5 cm³/mol. The number of hydrogen-bond donors (Lipinski definition) is 0. The molecule has 0 amide bonds. The molecule has 0 radical (unpaired) electrons. The average molecular weight is 270 g/mol. The third kappa shape index (κ3) is 1.98. The first-order valence-electron chi connectivity index (χ1n) is 6.59.